The molecule has 0 radical (unpaired) electrons. The van der Waals surface area contributed by atoms with Crippen LogP contribution in [-0.4, -0.2) is 15.2 Å². The van der Waals surface area contributed by atoms with Crippen LogP contribution in [0.25, 0.3) is 0 Å². The quantitative estimate of drug-likeness (QED) is 0.661. The first-order chi connectivity index (χ1) is 5.72. The number of halogens is 1. The van der Waals surface area contributed by atoms with Gasteiger partial charge >= 0.3 is 0 Å². The lowest BCUT2D eigenvalue weighted by molar-refractivity contribution is 0.688. The Balaban J connectivity index is 2.33. The van der Waals surface area contributed by atoms with Crippen molar-refractivity contribution in [1.29, 1.82) is 0 Å². The molecular formula is C9H15ClN2. The lowest BCUT2D eigenvalue weighted by Crippen LogP contribution is -1.99. The highest BCUT2D eigenvalue weighted by Crippen LogP contribution is 2.10. The van der Waals surface area contributed by atoms with E-state index in [1.54, 1.807) is 0 Å². The van der Waals surface area contributed by atoms with Gasteiger partial charge in [-0.15, -0.1) is 11.6 Å². The second kappa shape index (κ2) is 4.51. The lowest BCUT2D eigenvalue weighted by atomic mass is 10.1. The molecule has 3 heteroatoms. The maximum absolute atomic E-state index is 5.99. The van der Waals surface area contributed by atoms with Gasteiger partial charge in [0.25, 0.3) is 0 Å². The Kier molecular flexibility index (Phi) is 3.60. The van der Waals surface area contributed by atoms with Crippen LogP contribution >= 0.6 is 11.6 Å². The largest absolute Gasteiger partial charge is 0.276 e. The predicted molar refractivity (Wildman–Crippen MR) is 51.5 cm³/mol. The smallest absolute Gasteiger partial charge is 0.0625 e. The first-order valence-corrected chi connectivity index (χ1v) is 4.78. The Hall–Kier alpha value is -0.500. The Morgan fingerprint density at radius 2 is 2.42 bits per heavy atom. The van der Waals surface area contributed by atoms with E-state index in [-0.39, 0.29) is 0 Å². The van der Waals surface area contributed by atoms with Gasteiger partial charge in [0.2, 0.25) is 0 Å². The van der Waals surface area contributed by atoms with Gasteiger partial charge in [0.15, 0.2) is 0 Å². The maximum atomic E-state index is 5.99. The minimum atomic E-state index is 0.298. The average Bonchev–Trinajstić information content (AvgIpc) is 2.47. The molecule has 0 fully saturated rings. The third-order valence-corrected chi connectivity index (χ3v) is 2.45. The molecule has 0 aliphatic heterocycles. The van der Waals surface area contributed by atoms with Gasteiger partial charge in [-0.05, 0) is 25.3 Å². The van der Waals surface area contributed by atoms with Crippen LogP contribution in [0.15, 0.2) is 12.3 Å². The van der Waals surface area contributed by atoms with Gasteiger partial charge < -0.3 is 0 Å². The highest BCUT2D eigenvalue weighted by Gasteiger charge is 2.03. The van der Waals surface area contributed by atoms with E-state index in [2.05, 4.69) is 12.0 Å². The summed E-state index contributed by atoms with van der Waals surface area (Å²) in [6, 6.07) is 2.04. The molecular weight excluding hydrogens is 172 g/mol. The summed E-state index contributed by atoms with van der Waals surface area (Å²) in [6.45, 7) is 2.11. The van der Waals surface area contributed by atoms with Crippen LogP contribution in [-0.2, 0) is 13.5 Å². The summed E-state index contributed by atoms with van der Waals surface area (Å²) in [5.41, 5.74) is 1.14. The molecule has 0 saturated heterocycles. The van der Waals surface area contributed by atoms with Gasteiger partial charge in [0.1, 0.15) is 0 Å². The molecule has 1 rings (SSSR count). The summed E-state index contributed by atoms with van der Waals surface area (Å²) in [6.07, 6.45) is 5.01. The van der Waals surface area contributed by atoms with Crippen molar-refractivity contribution in [2.75, 3.05) is 0 Å². The summed E-state index contributed by atoms with van der Waals surface area (Å²) in [5.74, 6) is 0. The highest BCUT2D eigenvalue weighted by molar-refractivity contribution is 6.20. The summed E-state index contributed by atoms with van der Waals surface area (Å²) >= 11 is 5.99. The number of aryl methyl sites for hydroxylation is 2. The molecule has 0 aliphatic rings. The van der Waals surface area contributed by atoms with Crippen LogP contribution in [0.3, 0.4) is 0 Å². The fraction of sp³-hybridized carbons (Fsp3) is 0.667. The minimum absolute atomic E-state index is 0.298. The van der Waals surface area contributed by atoms with Crippen LogP contribution in [0.4, 0.5) is 0 Å². The Morgan fingerprint density at radius 3 is 2.92 bits per heavy atom. The standard InChI is InChI=1S/C9H15ClN2/c1-3-8(10)4-5-9-6-7-12(2)11-9/h6-8H,3-5H2,1-2H3. The molecule has 0 spiro atoms. The van der Waals surface area contributed by atoms with E-state index < -0.39 is 0 Å². The second-order valence-corrected chi connectivity index (χ2v) is 3.64. The SMILES string of the molecule is CCC(Cl)CCc1ccn(C)n1. The number of rotatable bonds is 4. The van der Waals surface area contributed by atoms with Crippen molar-refractivity contribution >= 4 is 11.6 Å². The van der Waals surface area contributed by atoms with Crippen LogP contribution in [0.2, 0.25) is 0 Å². The van der Waals surface area contributed by atoms with Gasteiger partial charge in [-0.25, -0.2) is 0 Å². The van der Waals surface area contributed by atoms with E-state index in [4.69, 9.17) is 11.6 Å². The predicted octanol–water partition coefficient (Wildman–Crippen LogP) is 2.37. The van der Waals surface area contributed by atoms with Crippen molar-refractivity contribution in [1.82, 2.24) is 9.78 Å². The fourth-order valence-electron chi connectivity index (χ4n) is 1.11. The molecule has 1 aromatic heterocycles. The summed E-state index contributed by atoms with van der Waals surface area (Å²) in [5, 5.41) is 4.57. The first-order valence-electron chi connectivity index (χ1n) is 4.35. The number of aromatic nitrogens is 2. The van der Waals surface area contributed by atoms with Gasteiger partial charge in [-0.1, -0.05) is 6.92 Å². The van der Waals surface area contributed by atoms with E-state index in [1.165, 1.54) is 0 Å². The molecule has 0 saturated carbocycles. The Bertz CT molecular complexity index is 232. The molecule has 0 N–H and O–H groups in total. The molecule has 0 bridgehead atoms. The van der Waals surface area contributed by atoms with E-state index in [0.717, 1.165) is 25.0 Å². The number of nitrogens with zero attached hydrogens (tertiary/aromatic N) is 2. The Labute approximate surface area is 78.5 Å². The summed E-state index contributed by atoms with van der Waals surface area (Å²) in [7, 11) is 1.93. The van der Waals surface area contributed by atoms with E-state index in [9.17, 15) is 0 Å². The van der Waals surface area contributed by atoms with Crippen molar-refractivity contribution in [3.05, 3.63) is 18.0 Å². The zero-order valence-corrected chi connectivity index (χ0v) is 8.38. The highest BCUT2D eigenvalue weighted by atomic mass is 35.5. The second-order valence-electron chi connectivity index (χ2n) is 3.02. The molecule has 0 amide bonds. The van der Waals surface area contributed by atoms with Crippen LogP contribution in [0, 0.1) is 0 Å². The fourth-order valence-corrected chi connectivity index (χ4v) is 1.21. The average molecular weight is 187 g/mol. The molecule has 12 heavy (non-hydrogen) atoms. The van der Waals surface area contributed by atoms with Crippen molar-refractivity contribution in [3.63, 3.8) is 0 Å². The van der Waals surface area contributed by atoms with Crippen LogP contribution in [0.1, 0.15) is 25.5 Å². The minimum Gasteiger partial charge on any atom is -0.276 e. The van der Waals surface area contributed by atoms with E-state index in [1.807, 2.05) is 24.0 Å². The van der Waals surface area contributed by atoms with Gasteiger partial charge in [0.05, 0.1) is 5.69 Å². The van der Waals surface area contributed by atoms with E-state index >= 15 is 0 Å². The maximum Gasteiger partial charge on any atom is 0.0625 e. The molecule has 1 aromatic rings. The third kappa shape index (κ3) is 2.86. The Morgan fingerprint density at radius 1 is 1.67 bits per heavy atom. The lowest BCUT2D eigenvalue weighted by Gasteiger charge is -2.02. The molecule has 1 unspecified atom stereocenters. The topological polar surface area (TPSA) is 17.8 Å². The summed E-state index contributed by atoms with van der Waals surface area (Å²) in [4.78, 5) is 0. The molecule has 1 heterocycles. The van der Waals surface area contributed by atoms with Gasteiger partial charge in [-0.2, -0.15) is 5.10 Å². The first kappa shape index (κ1) is 9.59. The number of hydrogen-bond donors (Lipinski definition) is 0. The van der Waals surface area contributed by atoms with Gasteiger partial charge in [0, 0.05) is 18.6 Å². The molecule has 0 aromatic carbocycles. The van der Waals surface area contributed by atoms with Crippen LogP contribution < -0.4 is 0 Å². The zero-order valence-electron chi connectivity index (χ0n) is 7.63. The van der Waals surface area contributed by atoms with Crippen LogP contribution in [0.5, 0.6) is 0 Å². The molecule has 68 valence electrons. The normalized spacial score (nSPS) is 13.2. The molecule has 1 atom stereocenters. The molecule has 2 nitrogen and oxygen atoms in total. The van der Waals surface area contributed by atoms with Crippen molar-refractivity contribution in [3.8, 4) is 0 Å². The van der Waals surface area contributed by atoms with Crippen molar-refractivity contribution in [2.24, 2.45) is 7.05 Å². The van der Waals surface area contributed by atoms with E-state index in [0.29, 0.717) is 5.38 Å². The monoisotopic (exact) mass is 186 g/mol. The number of hydrogen-bond acceptors (Lipinski definition) is 1. The summed E-state index contributed by atoms with van der Waals surface area (Å²) < 4.78 is 1.82. The molecule has 0 aliphatic carbocycles. The zero-order chi connectivity index (χ0) is 8.97. The number of alkyl halides is 1. The third-order valence-electron chi connectivity index (χ3n) is 1.93. The van der Waals surface area contributed by atoms with Crippen molar-refractivity contribution < 1.29 is 0 Å². The van der Waals surface area contributed by atoms with Crippen molar-refractivity contribution in [2.45, 2.75) is 31.6 Å². The van der Waals surface area contributed by atoms with Gasteiger partial charge in [-0.3, -0.25) is 4.68 Å².